The quantitative estimate of drug-likeness (QED) is 0.128. The third-order valence-electron chi connectivity index (χ3n) is 8.88. The first-order chi connectivity index (χ1) is 21.4. The van der Waals surface area contributed by atoms with Crippen molar-refractivity contribution in [2.75, 3.05) is 42.7 Å². The SMILES string of the molecule is COc1cccc([SiH2]CCCC([SiH3])(CCC[SiH2]c2cccc(OC)c2OC)CCC[SiH2]c2cccc(OC)c2OC)c1OC. The molecular formula is C34H54O6Si4. The molecule has 0 unspecified atom stereocenters. The summed E-state index contributed by atoms with van der Waals surface area (Å²) in [6.07, 6.45) is 7.93. The zero-order chi connectivity index (χ0) is 31.8. The fourth-order valence-electron chi connectivity index (χ4n) is 6.43. The number of ether oxygens (including phenoxy) is 6. The molecule has 10 heteroatoms. The number of rotatable bonds is 21. The lowest BCUT2D eigenvalue weighted by Crippen LogP contribution is -2.20. The highest BCUT2D eigenvalue weighted by Gasteiger charge is 2.24. The van der Waals surface area contributed by atoms with Gasteiger partial charge in [0, 0.05) is 10.2 Å². The Kier molecular flexibility index (Phi) is 15.4. The average Bonchev–Trinajstić information content (AvgIpc) is 3.06. The molecule has 3 rings (SSSR count). The average molecular weight is 671 g/mol. The monoisotopic (exact) mass is 670 g/mol. The molecule has 0 fully saturated rings. The maximum absolute atomic E-state index is 5.72. The van der Waals surface area contributed by atoms with Crippen LogP contribution in [0.4, 0.5) is 0 Å². The van der Waals surface area contributed by atoms with E-state index < -0.39 is 28.6 Å². The molecule has 0 aliphatic carbocycles. The van der Waals surface area contributed by atoms with Gasteiger partial charge in [-0.15, -0.1) is 0 Å². The van der Waals surface area contributed by atoms with Crippen LogP contribution in [-0.2, 0) is 0 Å². The van der Waals surface area contributed by atoms with Gasteiger partial charge < -0.3 is 28.4 Å². The minimum atomic E-state index is -0.423. The summed E-state index contributed by atoms with van der Waals surface area (Å²) in [5.74, 6) is 5.37. The van der Waals surface area contributed by atoms with Crippen LogP contribution in [0.25, 0.3) is 0 Å². The van der Waals surface area contributed by atoms with E-state index in [2.05, 4.69) is 36.4 Å². The van der Waals surface area contributed by atoms with Gasteiger partial charge in [-0.3, -0.25) is 0 Å². The zero-order valence-electron chi connectivity index (χ0n) is 28.1. The van der Waals surface area contributed by atoms with E-state index in [-0.39, 0.29) is 0 Å². The van der Waals surface area contributed by atoms with Crippen LogP contribution in [0.3, 0.4) is 0 Å². The Morgan fingerprint density at radius 2 is 0.773 bits per heavy atom. The second-order valence-electron chi connectivity index (χ2n) is 11.9. The van der Waals surface area contributed by atoms with Gasteiger partial charge in [0.2, 0.25) is 0 Å². The smallest absolute Gasteiger partial charge is 0.160 e. The molecule has 0 saturated carbocycles. The summed E-state index contributed by atoms with van der Waals surface area (Å²) in [5.41, 5.74) is 0. The van der Waals surface area contributed by atoms with Crippen molar-refractivity contribution in [3.8, 4) is 34.5 Å². The van der Waals surface area contributed by atoms with Crippen LogP contribution in [0.15, 0.2) is 54.6 Å². The van der Waals surface area contributed by atoms with E-state index in [1.165, 1.54) is 82.5 Å². The fraction of sp³-hybridized carbons (Fsp3) is 0.471. The van der Waals surface area contributed by atoms with Gasteiger partial charge in [-0.1, -0.05) is 93.1 Å². The predicted molar refractivity (Wildman–Crippen MR) is 198 cm³/mol. The zero-order valence-corrected chi connectivity index (χ0v) is 34.4. The molecular weight excluding hydrogens is 617 g/mol. The van der Waals surface area contributed by atoms with Crippen molar-refractivity contribution in [2.24, 2.45) is 0 Å². The first-order valence-corrected chi connectivity index (χ1v) is 22.1. The Labute approximate surface area is 275 Å². The van der Waals surface area contributed by atoms with Crippen LogP contribution in [-0.4, -0.2) is 81.5 Å². The normalized spacial score (nSPS) is 13.2. The summed E-state index contributed by atoms with van der Waals surface area (Å²) in [4.78, 5) is 0. The van der Waals surface area contributed by atoms with Gasteiger partial charge in [-0.2, -0.15) is 0 Å². The molecule has 0 heterocycles. The molecule has 0 aromatic heterocycles. The molecule has 0 amide bonds. The molecule has 0 bridgehead atoms. The summed E-state index contributed by atoms with van der Waals surface area (Å²) in [6, 6.07) is 22.9. The van der Waals surface area contributed by atoms with Crippen molar-refractivity contribution in [3.05, 3.63) is 54.6 Å². The minimum Gasteiger partial charge on any atom is -0.493 e. The van der Waals surface area contributed by atoms with E-state index in [0.29, 0.717) is 5.04 Å². The van der Waals surface area contributed by atoms with Crippen molar-refractivity contribution < 1.29 is 28.4 Å². The second-order valence-corrected chi connectivity index (χ2v) is 19.9. The minimum absolute atomic E-state index is 0.423. The molecule has 6 nitrogen and oxygen atoms in total. The molecule has 0 N–H and O–H groups in total. The van der Waals surface area contributed by atoms with Crippen LogP contribution in [0.5, 0.6) is 34.5 Å². The highest BCUT2D eigenvalue weighted by Crippen LogP contribution is 2.41. The number of methoxy groups -OCH3 is 6. The maximum Gasteiger partial charge on any atom is 0.160 e. The van der Waals surface area contributed by atoms with E-state index in [9.17, 15) is 0 Å². The van der Waals surface area contributed by atoms with Crippen LogP contribution < -0.4 is 44.0 Å². The lowest BCUT2D eigenvalue weighted by Gasteiger charge is -2.30. The van der Waals surface area contributed by atoms with Crippen LogP contribution >= 0.6 is 0 Å². The maximum atomic E-state index is 5.72. The van der Waals surface area contributed by atoms with Crippen LogP contribution in [0.2, 0.25) is 23.2 Å². The Hall–Kier alpha value is -2.67. The van der Waals surface area contributed by atoms with Gasteiger partial charge in [0.1, 0.15) is 0 Å². The Morgan fingerprint density at radius 3 is 1.02 bits per heavy atom. The third-order valence-corrected chi connectivity index (χ3v) is 16.2. The van der Waals surface area contributed by atoms with E-state index in [1.54, 1.807) is 42.7 Å². The standard InChI is InChI=1S/C34H54O6Si4/c1-35-25-13-7-16-28(31(25)38-4)42-22-10-19-34(41,20-11-23-43-29-17-8-14-26(36-2)32(29)39-5)21-12-24-44-30-18-9-15-27(37-3)33(30)40-6/h7-9,13-18H,10-12,19-24,42-44H2,1-6,41H3. The Balaban J connectivity index is 1.60. The number of benzene rings is 3. The summed E-state index contributed by atoms with van der Waals surface area (Å²) in [5, 5.41) is 4.62. The Bertz CT molecular complexity index is 1130. The molecule has 0 radical (unpaired) electrons. The first-order valence-electron chi connectivity index (χ1n) is 16.0. The molecule has 44 heavy (non-hydrogen) atoms. The number of hydrogen-bond donors (Lipinski definition) is 0. The lowest BCUT2D eigenvalue weighted by atomic mass is 9.92. The highest BCUT2D eigenvalue weighted by atomic mass is 28.2. The van der Waals surface area contributed by atoms with Gasteiger partial charge in [0.25, 0.3) is 0 Å². The third kappa shape index (κ3) is 10.2. The van der Waals surface area contributed by atoms with E-state index in [0.717, 1.165) is 34.5 Å². The molecule has 0 spiro atoms. The molecule has 242 valence electrons. The molecule has 0 aliphatic heterocycles. The van der Waals surface area contributed by atoms with Gasteiger partial charge >= 0.3 is 0 Å². The topological polar surface area (TPSA) is 55.4 Å². The molecule has 3 aromatic rings. The van der Waals surface area contributed by atoms with Gasteiger partial charge in [-0.25, -0.2) is 0 Å². The fourth-order valence-corrected chi connectivity index (χ4v) is 12.7. The number of hydrogen-bond acceptors (Lipinski definition) is 6. The lowest BCUT2D eigenvalue weighted by molar-refractivity contribution is 0.357. The second kappa shape index (κ2) is 19.0. The summed E-state index contributed by atoms with van der Waals surface area (Å²) < 4.78 is 33.8. The van der Waals surface area contributed by atoms with E-state index in [4.69, 9.17) is 28.4 Å². The molecule has 3 aromatic carbocycles. The van der Waals surface area contributed by atoms with Crippen molar-refractivity contribution in [1.82, 2.24) is 0 Å². The summed E-state index contributed by atoms with van der Waals surface area (Å²) in [7, 11) is 10.4. The van der Waals surface area contributed by atoms with Crippen molar-refractivity contribution >= 4 is 54.4 Å². The largest absolute Gasteiger partial charge is 0.493 e. The predicted octanol–water partition coefficient (Wildman–Crippen LogP) is 2.64. The first kappa shape index (κ1) is 35.8. The van der Waals surface area contributed by atoms with E-state index >= 15 is 0 Å². The van der Waals surface area contributed by atoms with E-state index in [1.807, 2.05) is 18.2 Å². The summed E-state index contributed by atoms with van der Waals surface area (Å²) in [6.45, 7) is 0. The molecule has 0 atom stereocenters. The number of para-hydroxylation sites is 3. The molecule has 0 aliphatic rings. The van der Waals surface area contributed by atoms with Crippen molar-refractivity contribution in [2.45, 2.75) is 61.7 Å². The van der Waals surface area contributed by atoms with Crippen LogP contribution in [0.1, 0.15) is 38.5 Å². The van der Waals surface area contributed by atoms with Crippen molar-refractivity contribution in [3.63, 3.8) is 0 Å². The molecule has 0 saturated heterocycles. The van der Waals surface area contributed by atoms with Gasteiger partial charge in [0.15, 0.2) is 34.5 Å². The Morgan fingerprint density at radius 1 is 0.477 bits per heavy atom. The van der Waals surface area contributed by atoms with Gasteiger partial charge in [0.05, 0.1) is 71.2 Å². The van der Waals surface area contributed by atoms with Crippen molar-refractivity contribution in [1.29, 1.82) is 0 Å². The van der Waals surface area contributed by atoms with Gasteiger partial charge in [-0.05, 0) is 38.8 Å². The highest BCUT2D eigenvalue weighted by molar-refractivity contribution is 6.55. The van der Waals surface area contributed by atoms with Crippen LogP contribution in [0, 0.1) is 0 Å². The summed E-state index contributed by atoms with van der Waals surface area (Å²) >= 11 is 0.